The van der Waals surface area contributed by atoms with E-state index < -0.39 is 0 Å². The van der Waals surface area contributed by atoms with E-state index in [0.29, 0.717) is 22.6 Å². The second kappa shape index (κ2) is 3.93. The normalized spacial score (nSPS) is 23.3. The quantitative estimate of drug-likeness (QED) is 0.748. The molecular weight excluding hydrogens is 277 g/mol. The van der Waals surface area contributed by atoms with Gasteiger partial charge in [-0.2, -0.15) is 0 Å². The number of amides is 1. The van der Waals surface area contributed by atoms with Crippen molar-refractivity contribution in [3.63, 3.8) is 0 Å². The Labute approximate surface area is 118 Å². The molecule has 0 radical (unpaired) electrons. The van der Waals surface area contributed by atoms with E-state index >= 15 is 0 Å². The van der Waals surface area contributed by atoms with E-state index in [0.717, 1.165) is 10.4 Å². The molecule has 1 atom stereocenters. The van der Waals surface area contributed by atoms with Crippen molar-refractivity contribution in [2.75, 3.05) is 5.32 Å². The molecule has 0 saturated heterocycles. The molecule has 5 heteroatoms. The molecule has 0 spiro atoms. The van der Waals surface area contributed by atoms with Crippen molar-refractivity contribution in [2.24, 2.45) is 0 Å². The van der Waals surface area contributed by atoms with Crippen molar-refractivity contribution in [2.45, 2.75) is 13.0 Å². The molecule has 100 valence electrons. The van der Waals surface area contributed by atoms with Crippen LogP contribution in [-0.4, -0.2) is 5.91 Å². The Balaban J connectivity index is 1.99. The predicted molar refractivity (Wildman–Crippen MR) is 75.7 cm³/mol. The number of nitrogens with one attached hydrogen (secondary N) is 1. The lowest BCUT2D eigenvalue weighted by Crippen LogP contribution is -2.05. The maximum atomic E-state index is 13.5. The van der Waals surface area contributed by atoms with Gasteiger partial charge in [0.2, 0.25) is 0 Å². The van der Waals surface area contributed by atoms with E-state index in [1.165, 1.54) is 23.5 Å². The maximum absolute atomic E-state index is 13.5. The smallest absolute Gasteiger partial charge is 0.260 e. The van der Waals surface area contributed by atoms with Crippen LogP contribution >= 0.6 is 11.3 Å². The van der Waals surface area contributed by atoms with Crippen LogP contribution in [0.4, 0.5) is 10.1 Å². The van der Waals surface area contributed by atoms with Crippen LogP contribution in [0.1, 0.15) is 29.0 Å². The molecule has 0 saturated carbocycles. The second-order valence-electron chi connectivity index (χ2n) is 4.81. The highest BCUT2D eigenvalue weighted by Crippen LogP contribution is 2.47. The summed E-state index contributed by atoms with van der Waals surface area (Å²) in [5.74, 6) is -0.0470. The molecule has 1 aromatic heterocycles. The fourth-order valence-electron chi connectivity index (χ4n) is 2.65. The SMILES string of the molecule is CC1O/C(=C2\C(=O)Nc3ccc(F)cc32)c2sccc21. The summed E-state index contributed by atoms with van der Waals surface area (Å²) in [6.07, 6.45) is -0.0795. The molecule has 3 nitrogen and oxygen atoms in total. The van der Waals surface area contributed by atoms with Gasteiger partial charge in [-0.05, 0) is 36.6 Å². The Hall–Kier alpha value is -2.14. The summed E-state index contributed by atoms with van der Waals surface area (Å²) in [5, 5.41) is 4.73. The number of halogens is 1. The van der Waals surface area contributed by atoms with Crippen LogP contribution in [0.3, 0.4) is 0 Å². The number of carbonyl (C=O) groups excluding carboxylic acids is 1. The summed E-state index contributed by atoms with van der Waals surface area (Å²) in [4.78, 5) is 13.2. The van der Waals surface area contributed by atoms with Crippen molar-refractivity contribution in [1.29, 1.82) is 0 Å². The van der Waals surface area contributed by atoms with E-state index in [2.05, 4.69) is 5.32 Å². The minimum absolute atomic E-state index is 0.0795. The number of carbonyl (C=O) groups is 1. The molecule has 0 bridgehead atoms. The molecule has 2 aliphatic rings. The van der Waals surface area contributed by atoms with Crippen molar-refractivity contribution >= 4 is 34.3 Å². The van der Waals surface area contributed by atoms with Crippen molar-refractivity contribution in [1.82, 2.24) is 0 Å². The molecule has 2 aromatic rings. The van der Waals surface area contributed by atoms with E-state index in [9.17, 15) is 9.18 Å². The highest BCUT2D eigenvalue weighted by molar-refractivity contribution is 7.11. The van der Waals surface area contributed by atoms with Crippen molar-refractivity contribution in [3.8, 4) is 0 Å². The van der Waals surface area contributed by atoms with Crippen LogP contribution < -0.4 is 5.32 Å². The first-order chi connectivity index (χ1) is 9.65. The third kappa shape index (κ3) is 1.47. The van der Waals surface area contributed by atoms with Crippen LogP contribution in [0.5, 0.6) is 0 Å². The molecule has 1 amide bonds. The monoisotopic (exact) mass is 287 g/mol. The van der Waals surface area contributed by atoms with Crippen molar-refractivity contribution in [3.05, 3.63) is 51.5 Å². The fraction of sp³-hybridized carbons (Fsp3) is 0.133. The molecule has 0 aliphatic carbocycles. The summed E-state index contributed by atoms with van der Waals surface area (Å²) in [6.45, 7) is 1.94. The first-order valence-corrected chi connectivity index (χ1v) is 7.13. The van der Waals surface area contributed by atoms with Crippen molar-refractivity contribution < 1.29 is 13.9 Å². The average molecular weight is 287 g/mol. The van der Waals surface area contributed by atoms with Gasteiger partial charge in [0.05, 0.1) is 10.5 Å². The number of thiophene rings is 1. The van der Waals surface area contributed by atoms with Gasteiger partial charge in [0, 0.05) is 16.8 Å². The summed E-state index contributed by atoms with van der Waals surface area (Å²) >= 11 is 1.54. The van der Waals surface area contributed by atoms with Gasteiger partial charge < -0.3 is 10.1 Å². The van der Waals surface area contributed by atoms with Gasteiger partial charge in [0.15, 0.2) is 5.76 Å². The standard InChI is InChI=1S/C15H10FNO2S/c1-7-9-4-5-20-14(9)13(19-7)12-10-6-8(16)2-3-11(10)17-15(12)18/h2-7H,1H3,(H,17,18)/b13-12-. The maximum Gasteiger partial charge on any atom is 0.260 e. The summed E-state index contributed by atoms with van der Waals surface area (Å²) in [6, 6.07) is 6.28. The zero-order chi connectivity index (χ0) is 13.9. The number of anilines is 1. The van der Waals surface area contributed by atoms with Gasteiger partial charge in [-0.15, -0.1) is 11.3 Å². The van der Waals surface area contributed by atoms with E-state index in [-0.39, 0.29) is 17.8 Å². The van der Waals surface area contributed by atoms with Crippen LogP contribution in [-0.2, 0) is 9.53 Å². The van der Waals surface area contributed by atoms with Crippen LogP contribution in [0.2, 0.25) is 0 Å². The largest absolute Gasteiger partial charge is 0.484 e. The molecule has 20 heavy (non-hydrogen) atoms. The Morgan fingerprint density at radius 1 is 1.35 bits per heavy atom. The second-order valence-corrected chi connectivity index (χ2v) is 5.73. The number of fused-ring (bicyclic) bond motifs is 2. The third-order valence-corrected chi connectivity index (χ3v) is 4.52. The van der Waals surface area contributed by atoms with E-state index in [4.69, 9.17) is 4.74 Å². The topological polar surface area (TPSA) is 38.3 Å². The van der Waals surface area contributed by atoms with Crippen LogP contribution in [0, 0.1) is 5.82 Å². The predicted octanol–water partition coefficient (Wildman–Crippen LogP) is 3.80. The molecule has 2 aliphatic heterocycles. The van der Waals surface area contributed by atoms with E-state index in [1.807, 2.05) is 18.4 Å². The van der Waals surface area contributed by atoms with Gasteiger partial charge in [0.25, 0.3) is 5.91 Å². The molecular formula is C15H10FNO2S. The van der Waals surface area contributed by atoms with Gasteiger partial charge in [-0.3, -0.25) is 4.79 Å². The Morgan fingerprint density at radius 2 is 2.20 bits per heavy atom. The lowest BCUT2D eigenvalue weighted by molar-refractivity contribution is -0.110. The lowest BCUT2D eigenvalue weighted by atomic mass is 10.0. The molecule has 1 unspecified atom stereocenters. The van der Waals surface area contributed by atoms with Gasteiger partial charge in [-0.25, -0.2) is 4.39 Å². The molecule has 4 rings (SSSR count). The molecule has 1 aromatic carbocycles. The minimum Gasteiger partial charge on any atom is -0.484 e. The number of hydrogen-bond donors (Lipinski definition) is 1. The Morgan fingerprint density at radius 3 is 3.05 bits per heavy atom. The first-order valence-electron chi connectivity index (χ1n) is 6.25. The highest BCUT2D eigenvalue weighted by atomic mass is 32.1. The van der Waals surface area contributed by atoms with Crippen LogP contribution in [0.25, 0.3) is 11.3 Å². The van der Waals surface area contributed by atoms with Crippen LogP contribution in [0.15, 0.2) is 29.6 Å². The number of hydrogen-bond acceptors (Lipinski definition) is 3. The highest BCUT2D eigenvalue weighted by Gasteiger charge is 2.35. The Bertz CT molecular complexity index is 778. The fourth-order valence-corrected chi connectivity index (χ4v) is 3.63. The van der Waals surface area contributed by atoms with Gasteiger partial charge in [-0.1, -0.05) is 0 Å². The number of ether oxygens (including phenoxy) is 1. The zero-order valence-corrected chi connectivity index (χ0v) is 11.4. The molecule has 3 heterocycles. The van der Waals surface area contributed by atoms with E-state index in [1.54, 1.807) is 6.07 Å². The first kappa shape index (κ1) is 11.7. The van der Waals surface area contributed by atoms with Gasteiger partial charge in [0.1, 0.15) is 11.9 Å². The summed E-state index contributed by atoms with van der Waals surface area (Å²) < 4.78 is 19.3. The molecule has 1 N–H and O–H groups in total. The minimum atomic E-state index is -0.365. The number of benzene rings is 1. The third-order valence-electron chi connectivity index (χ3n) is 3.59. The van der Waals surface area contributed by atoms with Gasteiger partial charge >= 0.3 is 0 Å². The molecule has 0 fully saturated rings. The average Bonchev–Trinajstić information content (AvgIpc) is 3.06. The Kier molecular flexibility index (Phi) is 2.29. The summed E-state index contributed by atoms with van der Waals surface area (Å²) in [5.41, 5.74) is 2.70. The lowest BCUT2D eigenvalue weighted by Gasteiger charge is -2.07. The zero-order valence-electron chi connectivity index (χ0n) is 10.6. The summed E-state index contributed by atoms with van der Waals surface area (Å²) in [7, 11) is 0. The number of rotatable bonds is 0.